The van der Waals surface area contributed by atoms with Crippen LogP contribution < -0.4 is 5.73 Å². The van der Waals surface area contributed by atoms with Crippen LogP contribution in [0.2, 0.25) is 10.2 Å². The monoisotopic (exact) mass is 259 g/mol. The lowest BCUT2D eigenvalue weighted by atomic mass is 10.1. The van der Waals surface area contributed by atoms with Crippen molar-refractivity contribution in [2.24, 2.45) is 5.73 Å². The van der Waals surface area contributed by atoms with E-state index in [1.807, 2.05) is 0 Å². The van der Waals surface area contributed by atoms with E-state index in [1.165, 1.54) is 0 Å². The van der Waals surface area contributed by atoms with E-state index in [0.717, 1.165) is 38.2 Å². The van der Waals surface area contributed by atoms with Crippen LogP contribution in [-0.4, -0.2) is 29.0 Å². The molecule has 2 heterocycles. The smallest absolute Gasteiger partial charge is 0.129 e. The van der Waals surface area contributed by atoms with Crippen LogP contribution in [0.15, 0.2) is 12.1 Å². The van der Waals surface area contributed by atoms with Crippen molar-refractivity contribution in [2.75, 3.05) is 13.1 Å². The first-order chi connectivity index (χ1) is 7.65. The molecule has 0 saturated carbocycles. The Morgan fingerprint density at radius 1 is 1.44 bits per heavy atom. The van der Waals surface area contributed by atoms with Crippen molar-refractivity contribution < 1.29 is 0 Å². The van der Waals surface area contributed by atoms with E-state index in [2.05, 4.69) is 9.88 Å². The Kier molecular flexibility index (Phi) is 4.03. The third-order valence-corrected chi connectivity index (χ3v) is 3.35. The van der Waals surface area contributed by atoms with Crippen molar-refractivity contribution in [3.63, 3.8) is 0 Å². The van der Waals surface area contributed by atoms with Crippen molar-refractivity contribution in [1.82, 2.24) is 9.88 Å². The van der Waals surface area contributed by atoms with Gasteiger partial charge in [-0.25, -0.2) is 4.98 Å². The number of pyridine rings is 1. The largest absolute Gasteiger partial charge is 0.327 e. The summed E-state index contributed by atoms with van der Waals surface area (Å²) in [6, 6.07) is 3.76. The molecule has 1 atom stereocenters. The second-order valence-electron chi connectivity index (χ2n) is 4.20. The van der Waals surface area contributed by atoms with Gasteiger partial charge in [-0.2, -0.15) is 0 Å². The highest BCUT2D eigenvalue weighted by molar-refractivity contribution is 6.32. The molecule has 2 rings (SSSR count). The van der Waals surface area contributed by atoms with Crippen LogP contribution in [0.4, 0.5) is 0 Å². The van der Waals surface area contributed by atoms with Gasteiger partial charge in [0.25, 0.3) is 0 Å². The molecular weight excluding hydrogens is 245 g/mol. The van der Waals surface area contributed by atoms with Gasteiger partial charge < -0.3 is 5.73 Å². The summed E-state index contributed by atoms with van der Waals surface area (Å²) in [5, 5.41) is 1.16. The average molecular weight is 260 g/mol. The summed E-state index contributed by atoms with van der Waals surface area (Å²) >= 11 is 11.9. The van der Waals surface area contributed by atoms with E-state index in [1.54, 1.807) is 12.1 Å². The zero-order valence-corrected chi connectivity index (χ0v) is 10.5. The SMILES string of the molecule is N[C@@H]1CCCN(Cc2nc(Cl)ccc2Cl)C1. The number of likely N-dealkylation sites (tertiary alicyclic amines) is 1. The standard InChI is InChI=1S/C11H15Cl2N3/c12-9-3-4-11(13)15-10(9)7-16-5-1-2-8(14)6-16/h3-4,8H,1-2,5-7,14H2/t8-/m1/s1. The molecule has 0 aromatic carbocycles. The maximum absolute atomic E-state index is 6.07. The number of nitrogens with zero attached hydrogens (tertiary/aromatic N) is 2. The predicted octanol–water partition coefficient (Wildman–Crippen LogP) is 2.31. The maximum atomic E-state index is 6.07. The van der Waals surface area contributed by atoms with E-state index in [9.17, 15) is 0 Å². The van der Waals surface area contributed by atoms with Gasteiger partial charge >= 0.3 is 0 Å². The highest BCUT2D eigenvalue weighted by Crippen LogP contribution is 2.20. The Bertz CT molecular complexity index is 370. The molecule has 0 unspecified atom stereocenters. The molecule has 1 aliphatic rings. The zero-order valence-electron chi connectivity index (χ0n) is 9.00. The summed E-state index contributed by atoms with van der Waals surface area (Å²) in [6.07, 6.45) is 2.24. The summed E-state index contributed by atoms with van der Waals surface area (Å²) in [5.74, 6) is 0. The van der Waals surface area contributed by atoms with Crippen molar-refractivity contribution in [2.45, 2.75) is 25.4 Å². The lowest BCUT2D eigenvalue weighted by molar-refractivity contribution is 0.199. The third-order valence-electron chi connectivity index (χ3n) is 2.80. The molecule has 0 radical (unpaired) electrons. The normalized spacial score (nSPS) is 22.3. The third kappa shape index (κ3) is 3.08. The first kappa shape index (κ1) is 12.1. The highest BCUT2D eigenvalue weighted by Gasteiger charge is 2.18. The number of aromatic nitrogens is 1. The molecule has 1 aromatic heterocycles. The van der Waals surface area contributed by atoms with Crippen LogP contribution in [0.25, 0.3) is 0 Å². The summed E-state index contributed by atoms with van der Waals surface area (Å²) in [4.78, 5) is 6.52. The van der Waals surface area contributed by atoms with Gasteiger partial charge in [0.1, 0.15) is 5.15 Å². The maximum Gasteiger partial charge on any atom is 0.129 e. The molecule has 88 valence electrons. The molecule has 1 aliphatic heterocycles. The minimum absolute atomic E-state index is 0.270. The molecule has 3 nitrogen and oxygen atoms in total. The summed E-state index contributed by atoms with van der Waals surface area (Å²) in [7, 11) is 0. The van der Waals surface area contributed by atoms with Crippen molar-refractivity contribution in [3.05, 3.63) is 28.0 Å². The quantitative estimate of drug-likeness (QED) is 0.830. The molecule has 0 aliphatic carbocycles. The average Bonchev–Trinajstić information content (AvgIpc) is 2.24. The number of rotatable bonds is 2. The molecule has 1 aromatic rings. The molecule has 0 spiro atoms. The summed E-state index contributed by atoms with van der Waals surface area (Å²) in [5.41, 5.74) is 6.76. The first-order valence-electron chi connectivity index (χ1n) is 5.44. The Morgan fingerprint density at radius 3 is 3.00 bits per heavy atom. The molecule has 16 heavy (non-hydrogen) atoms. The molecule has 2 N–H and O–H groups in total. The molecular formula is C11H15Cl2N3. The Labute approximate surface area is 106 Å². The van der Waals surface area contributed by atoms with Gasteiger partial charge in [-0.1, -0.05) is 23.2 Å². The van der Waals surface area contributed by atoms with E-state index >= 15 is 0 Å². The van der Waals surface area contributed by atoms with Crippen LogP contribution >= 0.6 is 23.2 Å². The van der Waals surface area contributed by atoms with Gasteiger partial charge in [0.05, 0.1) is 10.7 Å². The number of nitrogens with two attached hydrogens (primary N) is 1. The molecule has 0 bridgehead atoms. The number of hydrogen-bond acceptors (Lipinski definition) is 3. The first-order valence-corrected chi connectivity index (χ1v) is 6.19. The Morgan fingerprint density at radius 2 is 2.25 bits per heavy atom. The van der Waals surface area contributed by atoms with Crippen LogP contribution in [0.1, 0.15) is 18.5 Å². The minimum atomic E-state index is 0.270. The molecule has 5 heteroatoms. The summed E-state index contributed by atoms with van der Waals surface area (Å²) < 4.78 is 0. The van der Waals surface area contributed by atoms with E-state index in [0.29, 0.717) is 10.2 Å². The van der Waals surface area contributed by atoms with Crippen LogP contribution in [-0.2, 0) is 6.54 Å². The van der Waals surface area contributed by atoms with Gasteiger partial charge in [-0.3, -0.25) is 4.90 Å². The predicted molar refractivity (Wildman–Crippen MR) is 66.7 cm³/mol. The van der Waals surface area contributed by atoms with Gasteiger partial charge in [-0.05, 0) is 31.5 Å². The number of piperidine rings is 1. The van der Waals surface area contributed by atoms with Gasteiger partial charge in [0.2, 0.25) is 0 Å². The van der Waals surface area contributed by atoms with Gasteiger partial charge in [-0.15, -0.1) is 0 Å². The lowest BCUT2D eigenvalue weighted by Crippen LogP contribution is -2.42. The zero-order chi connectivity index (χ0) is 11.5. The fraction of sp³-hybridized carbons (Fsp3) is 0.545. The molecule has 1 saturated heterocycles. The lowest BCUT2D eigenvalue weighted by Gasteiger charge is -2.30. The van der Waals surface area contributed by atoms with Gasteiger partial charge in [0, 0.05) is 19.1 Å². The number of hydrogen-bond donors (Lipinski definition) is 1. The molecule has 1 fully saturated rings. The van der Waals surface area contributed by atoms with Crippen molar-refractivity contribution in [3.8, 4) is 0 Å². The van der Waals surface area contributed by atoms with Crippen molar-refractivity contribution >= 4 is 23.2 Å². The molecule has 0 amide bonds. The minimum Gasteiger partial charge on any atom is -0.327 e. The second-order valence-corrected chi connectivity index (χ2v) is 4.99. The fourth-order valence-corrected chi connectivity index (χ4v) is 2.35. The van der Waals surface area contributed by atoms with Crippen LogP contribution in [0.3, 0.4) is 0 Å². The number of halogens is 2. The van der Waals surface area contributed by atoms with E-state index < -0.39 is 0 Å². The second kappa shape index (κ2) is 5.32. The van der Waals surface area contributed by atoms with Crippen LogP contribution in [0, 0.1) is 0 Å². The van der Waals surface area contributed by atoms with E-state index in [4.69, 9.17) is 28.9 Å². The van der Waals surface area contributed by atoms with Crippen molar-refractivity contribution in [1.29, 1.82) is 0 Å². The highest BCUT2D eigenvalue weighted by atomic mass is 35.5. The topological polar surface area (TPSA) is 42.1 Å². The van der Waals surface area contributed by atoms with Crippen LogP contribution in [0.5, 0.6) is 0 Å². The fourth-order valence-electron chi connectivity index (χ4n) is 2.02. The van der Waals surface area contributed by atoms with E-state index in [-0.39, 0.29) is 6.04 Å². The Hall–Kier alpha value is -0.350. The Balaban J connectivity index is 2.05. The van der Waals surface area contributed by atoms with Gasteiger partial charge in [0.15, 0.2) is 0 Å². The summed E-state index contributed by atoms with van der Waals surface area (Å²) in [6.45, 7) is 2.69.